The molecule has 1 unspecified atom stereocenters. The minimum atomic E-state index is -2.78. The Morgan fingerprint density at radius 3 is 2.27 bits per heavy atom. The van der Waals surface area contributed by atoms with Crippen molar-refractivity contribution in [2.75, 3.05) is 0 Å². The Morgan fingerprint density at radius 2 is 1.91 bits per heavy atom. The summed E-state index contributed by atoms with van der Waals surface area (Å²) in [4.78, 5) is 0. The Labute approximate surface area is 70.8 Å². The van der Waals surface area contributed by atoms with Gasteiger partial charge in [0, 0.05) is 0 Å². The van der Waals surface area contributed by atoms with Gasteiger partial charge in [0.05, 0.1) is 5.56 Å². The highest BCUT2D eigenvalue weighted by Gasteiger charge is 2.27. The molecule has 0 aliphatic heterocycles. The summed E-state index contributed by atoms with van der Waals surface area (Å²) in [5, 5.41) is 8.68. The van der Waals surface area contributed by atoms with E-state index in [-0.39, 0.29) is 0 Å². The third kappa shape index (κ3) is 1.97. The summed E-state index contributed by atoms with van der Waals surface area (Å²) in [6.45, 7) is 0. The van der Waals surface area contributed by atoms with Crippen molar-refractivity contribution in [2.24, 2.45) is 0 Å². The second-order valence-corrected chi connectivity index (χ2v) is 3.07. The molecule has 60 valence electrons. The molecule has 1 aromatic carbocycles. The largest absolute Gasteiger partial charge is 0.350 e. The van der Waals surface area contributed by atoms with Crippen LogP contribution >= 0.6 is 15.9 Å². The van der Waals surface area contributed by atoms with E-state index in [2.05, 4.69) is 15.9 Å². The van der Waals surface area contributed by atoms with Crippen molar-refractivity contribution >= 4 is 15.9 Å². The average molecular weight is 223 g/mol. The van der Waals surface area contributed by atoms with E-state index < -0.39 is 16.1 Å². The van der Waals surface area contributed by atoms with Gasteiger partial charge in [-0.2, -0.15) is 4.39 Å². The normalized spacial score (nSPS) is 16.0. The van der Waals surface area contributed by atoms with E-state index >= 15 is 0 Å². The fourth-order valence-corrected chi connectivity index (χ4v) is 1.03. The number of benzene rings is 1. The van der Waals surface area contributed by atoms with E-state index in [9.17, 15) is 8.78 Å². The fourth-order valence-electron chi connectivity index (χ4n) is 0.705. The molecule has 0 spiro atoms. The highest BCUT2D eigenvalue weighted by molar-refractivity contribution is 9.09. The summed E-state index contributed by atoms with van der Waals surface area (Å²) >= 11 is 2.29. The zero-order valence-electron chi connectivity index (χ0n) is 5.39. The van der Waals surface area contributed by atoms with E-state index in [1.54, 1.807) is 0 Å². The molecule has 1 N–H and O–H groups in total. The molecule has 1 nitrogen and oxygen atoms in total. The second kappa shape index (κ2) is 2.87. The van der Waals surface area contributed by atoms with E-state index in [0.29, 0.717) is 0 Å². The van der Waals surface area contributed by atoms with Crippen LogP contribution in [0.2, 0.25) is 0 Å². The van der Waals surface area contributed by atoms with Crippen LogP contribution in [0.1, 0.15) is 5.56 Å². The van der Waals surface area contributed by atoms with Crippen molar-refractivity contribution in [3.05, 3.63) is 35.6 Å². The molecule has 1 rings (SSSR count). The van der Waals surface area contributed by atoms with Crippen LogP contribution in [0.15, 0.2) is 24.3 Å². The number of hydrogen-bond donors (Lipinski definition) is 1. The maximum Gasteiger partial charge on any atom is 0.292 e. The van der Waals surface area contributed by atoms with Crippen LogP contribution in [0, 0.1) is 5.82 Å². The summed E-state index contributed by atoms with van der Waals surface area (Å²) in [6, 6.07) is 5.08. The van der Waals surface area contributed by atoms with Gasteiger partial charge in [-0.3, -0.25) is 0 Å². The van der Waals surface area contributed by atoms with E-state index in [4.69, 9.17) is 5.11 Å². The van der Waals surface area contributed by atoms with Crippen LogP contribution in [-0.2, 0) is 4.76 Å². The quantitative estimate of drug-likeness (QED) is 0.724. The van der Waals surface area contributed by atoms with Crippen LogP contribution in [0.25, 0.3) is 0 Å². The van der Waals surface area contributed by atoms with E-state index in [1.165, 1.54) is 12.1 Å². The molecule has 0 saturated heterocycles. The number of rotatable bonds is 1. The first kappa shape index (κ1) is 8.62. The molecule has 0 fully saturated rings. The van der Waals surface area contributed by atoms with Gasteiger partial charge in [0.15, 0.2) is 0 Å². The van der Waals surface area contributed by atoms with Gasteiger partial charge in [0.2, 0.25) is 0 Å². The Bertz CT molecular complexity index is 257. The molecule has 0 radical (unpaired) electrons. The first-order valence-electron chi connectivity index (χ1n) is 2.87. The van der Waals surface area contributed by atoms with Gasteiger partial charge in [-0.05, 0) is 28.1 Å². The minimum absolute atomic E-state index is 0.417. The number of halogens is 3. The zero-order valence-corrected chi connectivity index (χ0v) is 6.98. The summed E-state index contributed by atoms with van der Waals surface area (Å²) in [6.07, 6.45) is 0. The van der Waals surface area contributed by atoms with Crippen molar-refractivity contribution in [1.82, 2.24) is 0 Å². The predicted octanol–water partition coefficient (Wildman–Crippen LogP) is 2.29. The van der Waals surface area contributed by atoms with Gasteiger partial charge in [0.1, 0.15) is 5.82 Å². The van der Waals surface area contributed by atoms with Gasteiger partial charge in [-0.25, -0.2) is 4.39 Å². The first-order chi connectivity index (χ1) is 5.02. The third-order valence-electron chi connectivity index (χ3n) is 1.20. The van der Waals surface area contributed by atoms with Crippen LogP contribution in [0.5, 0.6) is 0 Å². The maximum atomic E-state index is 12.7. The Hall–Kier alpha value is -0.480. The Balaban J connectivity index is 3.14. The van der Waals surface area contributed by atoms with Crippen molar-refractivity contribution < 1.29 is 13.9 Å². The van der Waals surface area contributed by atoms with Gasteiger partial charge >= 0.3 is 0 Å². The smallest absolute Gasteiger partial charge is 0.292 e. The van der Waals surface area contributed by atoms with E-state index in [1.807, 2.05) is 0 Å². The number of alkyl halides is 2. The lowest BCUT2D eigenvalue weighted by Gasteiger charge is -2.10. The van der Waals surface area contributed by atoms with Gasteiger partial charge in [-0.15, -0.1) is 0 Å². The predicted molar refractivity (Wildman–Crippen MR) is 40.3 cm³/mol. The van der Waals surface area contributed by atoms with Crippen molar-refractivity contribution in [1.29, 1.82) is 0 Å². The zero-order chi connectivity index (χ0) is 8.48. The lowest BCUT2D eigenvalue weighted by molar-refractivity contribution is 0.00475. The fraction of sp³-hybridized carbons (Fsp3) is 0.143. The monoisotopic (exact) mass is 222 g/mol. The van der Waals surface area contributed by atoms with Gasteiger partial charge in [-0.1, -0.05) is 12.1 Å². The summed E-state index contributed by atoms with van der Waals surface area (Å²) in [5.74, 6) is -0.783. The topological polar surface area (TPSA) is 20.2 Å². The standard InChI is InChI=1S/C7H5BrF2O/c8-7(10,11)5-3-1-2-4-6(5)9/h1-4,11H. The molecule has 11 heavy (non-hydrogen) atoms. The molecule has 0 bridgehead atoms. The molecular weight excluding hydrogens is 218 g/mol. The molecule has 0 heterocycles. The SMILES string of the molecule is OC(F)(Br)c1ccccc1F. The molecule has 4 heteroatoms. The Morgan fingerprint density at radius 1 is 1.36 bits per heavy atom. The summed E-state index contributed by atoms with van der Waals surface area (Å²) in [7, 11) is 0. The lowest BCUT2D eigenvalue weighted by atomic mass is 10.2. The maximum absolute atomic E-state index is 12.7. The molecular formula is C7H5BrF2O. The van der Waals surface area contributed by atoms with Gasteiger partial charge in [0.25, 0.3) is 4.76 Å². The third-order valence-corrected chi connectivity index (χ3v) is 1.63. The number of aliphatic hydroxyl groups is 1. The molecule has 0 saturated carbocycles. The minimum Gasteiger partial charge on any atom is -0.350 e. The van der Waals surface area contributed by atoms with Crippen LogP contribution < -0.4 is 0 Å². The van der Waals surface area contributed by atoms with Crippen molar-refractivity contribution in [3.63, 3.8) is 0 Å². The number of hydrogen-bond acceptors (Lipinski definition) is 1. The molecule has 0 aliphatic rings. The second-order valence-electron chi connectivity index (χ2n) is 2.02. The molecule has 1 aromatic rings. The summed E-state index contributed by atoms with van der Waals surface area (Å²) in [5.41, 5.74) is -0.417. The molecule has 0 aliphatic carbocycles. The van der Waals surface area contributed by atoms with E-state index in [0.717, 1.165) is 12.1 Å². The highest BCUT2D eigenvalue weighted by atomic mass is 79.9. The van der Waals surface area contributed by atoms with Crippen LogP contribution in [0.3, 0.4) is 0 Å². The average Bonchev–Trinajstić information content (AvgIpc) is 1.86. The van der Waals surface area contributed by atoms with Crippen molar-refractivity contribution in [3.8, 4) is 0 Å². The first-order valence-corrected chi connectivity index (χ1v) is 3.66. The Kier molecular flexibility index (Phi) is 2.25. The molecule has 0 amide bonds. The summed E-state index contributed by atoms with van der Waals surface area (Å²) < 4.78 is 22.5. The van der Waals surface area contributed by atoms with Crippen LogP contribution in [0.4, 0.5) is 8.78 Å². The van der Waals surface area contributed by atoms with Crippen molar-refractivity contribution in [2.45, 2.75) is 4.76 Å². The van der Waals surface area contributed by atoms with Gasteiger partial charge < -0.3 is 5.11 Å². The highest BCUT2D eigenvalue weighted by Crippen LogP contribution is 2.30. The molecule has 0 aromatic heterocycles. The lowest BCUT2D eigenvalue weighted by Crippen LogP contribution is -2.11. The van der Waals surface area contributed by atoms with Crippen LogP contribution in [-0.4, -0.2) is 5.11 Å². The molecule has 1 atom stereocenters.